The summed E-state index contributed by atoms with van der Waals surface area (Å²) in [7, 11) is 0. The highest BCUT2D eigenvalue weighted by molar-refractivity contribution is 5.46. The van der Waals surface area contributed by atoms with Crippen molar-refractivity contribution in [3.63, 3.8) is 0 Å². The zero-order valence-electron chi connectivity index (χ0n) is 12.9. The molecular formula is C18H15FN4O. The molecule has 24 heavy (non-hydrogen) atoms. The van der Waals surface area contributed by atoms with Crippen LogP contribution >= 0.6 is 0 Å². The standard InChI is InChI=1S/C18H15FN4O/c1-2-11-23(12-14-6-8-15(19)9-7-14)13-17-21-18(22-24-17)16-5-3-4-10-20-16/h1,3-10H,11-13H2. The topological polar surface area (TPSA) is 55.1 Å². The molecule has 0 unspecified atom stereocenters. The summed E-state index contributed by atoms with van der Waals surface area (Å²) in [5.41, 5.74) is 1.60. The molecule has 5 nitrogen and oxygen atoms in total. The first-order valence-corrected chi connectivity index (χ1v) is 7.39. The van der Waals surface area contributed by atoms with E-state index in [9.17, 15) is 4.39 Å². The van der Waals surface area contributed by atoms with Crippen molar-refractivity contribution in [3.05, 3.63) is 65.9 Å². The van der Waals surface area contributed by atoms with Crippen LogP contribution in [0.3, 0.4) is 0 Å². The second kappa shape index (κ2) is 7.49. The Balaban J connectivity index is 1.71. The minimum absolute atomic E-state index is 0.265. The van der Waals surface area contributed by atoms with Gasteiger partial charge in [0.1, 0.15) is 11.5 Å². The second-order valence-corrected chi connectivity index (χ2v) is 5.20. The minimum atomic E-state index is -0.265. The molecule has 0 spiro atoms. The van der Waals surface area contributed by atoms with Crippen molar-refractivity contribution in [1.82, 2.24) is 20.0 Å². The molecule has 2 heterocycles. The van der Waals surface area contributed by atoms with E-state index >= 15 is 0 Å². The molecule has 0 aliphatic carbocycles. The van der Waals surface area contributed by atoms with E-state index in [4.69, 9.17) is 10.9 Å². The van der Waals surface area contributed by atoms with Gasteiger partial charge in [-0.3, -0.25) is 9.88 Å². The zero-order chi connectivity index (χ0) is 16.8. The van der Waals surface area contributed by atoms with Gasteiger partial charge in [0, 0.05) is 12.7 Å². The second-order valence-electron chi connectivity index (χ2n) is 5.20. The van der Waals surface area contributed by atoms with Crippen molar-refractivity contribution >= 4 is 0 Å². The highest BCUT2D eigenvalue weighted by atomic mass is 19.1. The van der Waals surface area contributed by atoms with E-state index in [1.54, 1.807) is 18.3 Å². The first-order valence-electron chi connectivity index (χ1n) is 7.39. The summed E-state index contributed by atoms with van der Waals surface area (Å²) >= 11 is 0. The summed E-state index contributed by atoms with van der Waals surface area (Å²) in [5.74, 6) is 3.23. The lowest BCUT2D eigenvalue weighted by molar-refractivity contribution is 0.242. The molecule has 3 rings (SSSR count). The van der Waals surface area contributed by atoms with Crippen LogP contribution in [0.25, 0.3) is 11.5 Å². The van der Waals surface area contributed by atoms with E-state index in [0.717, 1.165) is 5.56 Å². The van der Waals surface area contributed by atoms with Crippen LogP contribution in [0.4, 0.5) is 4.39 Å². The fourth-order valence-electron chi connectivity index (χ4n) is 2.25. The third-order valence-corrected chi connectivity index (χ3v) is 3.36. The molecule has 2 aromatic heterocycles. The molecule has 6 heteroatoms. The Labute approximate surface area is 139 Å². The van der Waals surface area contributed by atoms with Gasteiger partial charge in [0.2, 0.25) is 11.7 Å². The number of hydrogen-bond acceptors (Lipinski definition) is 5. The van der Waals surface area contributed by atoms with Crippen molar-refractivity contribution in [2.75, 3.05) is 6.54 Å². The molecule has 0 radical (unpaired) electrons. The van der Waals surface area contributed by atoms with Gasteiger partial charge in [0.15, 0.2) is 0 Å². The monoisotopic (exact) mass is 322 g/mol. The maximum atomic E-state index is 13.0. The molecule has 0 N–H and O–H groups in total. The third kappa shape index (κ3) is 4.03. The molecular weight excluding hydrogens is 307 g/mol. The van der Waals surface area contributed by atoms with Crippen LogP contribution in [-0.2, 0) is 13.1 Å². The number of halogens is 1. The Morgan fingerprint density at radius 3 is 2.67 bits per heavy atom. The minimum Gasteiger partial charge on any atom is -0.337 e. The number of nitrogens with zero attached hydrogens (tertiary/aromatic N) is 4. The van der Waals surface area contributed by atoms with Gasteiger partial charge in [-0.2, -0.15) is 4.98 Å². The Morgan fingerprint density at radius 2 is 1.96 bits per heavy atom. The van der Waals surface area contributed by atoms with Crippen LogP contribution in [-0.4, -0.2) is 26.6 Å². The summed E-state index contributed by atoms with van der Waals surface area (Å²) in [5, 5.41) is 3.94. The molecule has 0 fully saturated rings. The largest absolute Gasteiger partial charge is 0.337 e. The van der Waals surface area contributed by atoms with Crippen LogP contribution < -0.4 is 0 Å². The van der Waals surface area contributed by atoms with Crippen LogP contribution in [0.2, 0.25) is 0 Å². The van der Waals surface area contributed by atoms with Crippen LogP contribution in [0.15, 0.2) is 53.2 Å². The van der Waals surface area contributed by atoms with E-state index in [2.05, 4.69) is 21.0 Å². The van der Waals surface area contributed by atoms with Crippen LogP contribution in [0, 0.1) is 18.2 Å². The average molecular weight is 322 g/mol. The van der Waals surface area contributed by atoms with Gasteiger partial charge in [0.25, 0.3) is 0 Å². The summed E-state index contributed by atoms with van der Waals surface area (Å²) in [4.78, 5) is 10.5. The summed E-state index contributed by atoms with van der Waals surface area (Å²) in [6.45, 7) is 1.38. The predicted octanol–water partition coefficient (Wildman–Crippen LogP) is 2.91. The molecule has 0 saturated carbocycles. The third-order valence-electron chi connectivity index (χ3n) is 3.36. The normalized spacial score (nSPS) is 10.7. The number of pyridine rings is 1. The number of hydrogen-bond donors (Lipinski definition) is 0. The number of benzene rings is 1. The Kier molecular flexibility index (Phi) is 4.94. The van der Waals surface area contributed by atoms with Crippen molar-refractivity contribution in [3.8, 4) is 23.9 Å². The van der Waals surface area contributed by atoms with Gasteiger partial charge < -0.3 is 4.52 Å². The van der Waals surface area contributed by atoms with Crippen molar-refractivity contribution in [1.29, 1.82) is 0 Å². The van der Waals surface area contributed by atoms with E-state index in [0.29, 0.717) is 37.0 Å². The Hall–Kier alpha value is -3.04. The highest BCUT2D eigenvalue weighted by Gasteiger charge is 2.13. The van der Waals surface area contributed by atoms with E-state index < -0.39 is 0 Å². The molecule has 0 amide bonds. The fraction of sp³-hybridized carbons (Fsp3) is 0.167. The van der Waals surface area contributed by atoms with Crippen LogP contribution in [0.1, 0.15) is 11.5 Å². The summed E-state index contributed by atoms with van der Waals surface area (Å²) in [6.07, 6.45) is 7.10. The van der Waals surface area contributed by atoms with Gasteiger partial charge in [-0.25, -0.2) is 4.39 Å². The first-order chi connectivity index (χ1) is 11.7. The lowest BCUT2D eigenvalue weighted by Crippen LogP contribution is -2.23. The SMILES string of the molecule is C#CCN(Cc1ccc(F)cc1)Cc1nc(-c2ccccn2)no1. The Morgan fingerprint density at radius 1 is 1.12 bits per heavy atom. The summed E-state index contributed by atoms with van der Waals surface area (Å²) in [6, 6.07) is 11.8. The van der Waals surface area contributed by atoms with Gasteiger partial charge in [0.05, 0.1) is 13.1 Å². The Bertz CT molecular complexity index is 824. The molecule has 0 aliphatic heterocycles. The van der Waals surface area contributed by atoms with Gasteiger partial charge in [-0.15, -0.1) is 6.42 Å². The molecule has 120 valence electrons. The summed E-state index contributed by atoms with van der Waals surface area (Å²) < 4.78 is 18.3. The van der Waals surface area contributed by atoms with Crippen molar-refractivity contribution in [2.24, 2.45) is 0 Å². The van der Waals surface area contributed by atoms with Gasteiger partial charge >= 0.3 is 0 Å². The lowest BCUT2D eigenvalue weighted by atomic mass is 10.2. The molecule has 0 aliphatic rings. The zero-order valence-corrected chi connectivity index (χ0v) is 12.9. The van der Waals surface area contributed by atoms with Crippen molar-refractivity contribution < 1.29 is 8.91 Å². The quantitative estimate of drug-likeness (QED) is 0.653. The molecule has 0 atom stereocenters. The van der Waals surface area contributed by atoms with Crippen molar-refractivity contribution in [2.45, 2.75) is 13.1 Å². The fourth-order valence-corrected chi connectivity index (χ4v) is 2.25. The molecule has 1 aromatic carbocycles. The maximum absolute atomic E-state index is 13.0. The number of rotatable bonds is 6. The van der Waals surface area contributed by atoms with E-state index in [1.807, 2.05) is 23.1 Å². The van der Waals surface area contributed by atoms with Crippen LogP contribution in [0.5, 0.6) is 0 Å². The van der Waals surface area contributed by atoms with E-state index in [-0.39, 0.29) is 5.82 Å². The first kappa shape index (κ1) is 15.8. The molecule has 3 aromatic rings. The average Bonchev–Trinajstić information content (AvgIpc) is 3.06. The van der Waals surface area contributed by atoms with E-state index in [1.165, 1.54) is 12.1 Å². The predicted molar refractivity (Wildman–Crippen MR) is 86.9 cm³/mol. The number of terminal acetylenes is 1. The van der Waals surface area contributed by atoms with Gasteiger partial charge in [-0.05, 0) is 29.8 Å². The molecule has 0 saturated heterocycles. The maximum Gasteiger partial charge on any atom is 0.241 e. The molecule has 0 bridgehead atoms. The number of aromatic nitrogens is 3. The smallest absolute Gasteiger partial charge is 0.241 e. The highest BCUT2D eigenvalue weighted by Crippen LogP contribution is 2.14. The lowest BCUT2D eigenvalue weighted by Gasteiger charge is -2.17. The van der Waals surface area contributed by atoms with Gasteiger partial charge in [-0.1, -0.05) is 29.3 Å².